The van der Waals surface area contributed by atoms with Crippen LogP contribution in [0.4, 0.5) is 0 Å². The van der Waals surface area contributed by atoms with Crippen molar-refractivity contribution in [1.29, 1.82) is 0 Å². The minimum Gasteiger partial charge on any atom is -0.465 e. The summed E-state index contributed by atoms with van der Waals surface area (Å²) in [5.74, 6) is 3.16. The van der Waals surface area contributed by atoms with Gasteiger partial charge in [-0.3, -0.25) is 14.7 Å². The molecule has 8 heteroatoms. The normalized spacial score (nSPS) is 19.3. The van der Waals surface area contributed by atoms with E-state index >= 15 is 0 Å². The molecule has 0 saturated carbocycles. The zero-order valence-electron chi connectivity index (χ0n) is 17.8. The molecule has 0 aromatic carbocycles. The number of piperazine rings is 1. The summed E-state index contributed by atoms with van der Waals surface area (Å²) in [6, 6.07) is 7.76. The van der Waals surface area contributed by atoms with Crippen LogP contribution in [0.25, 0.3) is 0 Å². The van der Waals surface area contributed by atoms with Crippen LogP contribution in [0, 0.1) is 6.92 Å². The van der Waals surface area contributed by atoms with Crippen LogP contribution >= 0.6 is 0 Å². The average molecular weight is 414 g/mol. The number of rotatable bonds is 5. The highest BCUT2D eigenvalue weighted by Gasteiger charge is 2.28. The maximum atomic E-state index is 12.5. The molecule has 2 aromatic heterocycles. The predicted molar refractivity (Wildman–Crippen MR) is 115 cm³/mol. The fourth-order valence-electron chi connectivity index (χ4n) is 4.29. The number of aryl methyl sites for hydroxylation is 1. The van der Waals surface area contributed by atoms with Crippen molar-refractivity contribution in [3.63, 3.8) is 0 Å². The summed E-state index contributed by atoms with van der Waals surface area (Å²) in [6.07, 6.45) is 4.00. The molecule has 0 bridgehead atoms. The smallest absolute Gasteiger partial charge is 0.289 e. The monoisotopic (exact) mass is 413 g/mol. The molecule has 2 aromatic rings. The summed E-state index contributed by atoms with van der Waals surface area (Å²) in [5, 5.41) is 3.55. The van der Waals surface area contributed by atoms with Crippen LogP contribution in [0.2, 0.25) is 0 Å². The number of nitrogens with zero attached hydrogens (tertiary/aromatic N) is 4. The molecule has 2 aliphatic rings. The molecule has 1 unspecified atom stereocenters. The van der Waals surface area contributed by atoms with Crippen molar-refractivity contribution in [2.45, 2.75) is 25.8 Å². The summed E-state index contributed by atoms with van der Waals surface area (Å²) in [7, 11) is 1.81. The largest absolute Gasteiger partial charge is 0.465 e. The second-order valence-corrected chi connectivity index (χ2v) is 7.89. The number of amides is 1. The van der Waals surface area contributed by atoms with E-state index in [1.807, 2.05) is 24.9 Å². The summed E-state index contributed by atoms with van der Waals surface area (Å²) in [6.45, 7) is 7.68. The summed E-state index contributed by atoms with van der Waals surface area (Å²) >= 11 is 0. The molecule has 2 saturated heterocycles. The Morgan fingerprint density at radius 3 is 2.43 bits per heavy atom. The lowest BCUT2D eigenvalue weighted by atomic mass is 10.2. The Kier molecular flexibility index (Phi) is 6.42. The van der Waals surface area contributed by atoms with Gasteiger partial charge in [-0.2, -0.15) is 0 Å². The maximum Gasteiger partial charge on any atom is 0.289 e. The Morgan fingerprint density at radius 2 is 1.83 bits per heavy atom. The Labute approximate surface area is 177 Å². The van der Waals surface area contributed by atoms with Crippen LogP contribution in [0.15, 0.2) is 44.4 Å². The van der Waals surface area contributed by atoms with Gasteiger partial charge in [0.15, 0.2) is 11.7 Å². The van der Waals surface area contributed by atoms with Gasteiger partial charge >= 0.3 is 0 Å². The van der Waals surface area contributed by atoms with E-state index in [0.29, 0.717) is 18.8 Å². The molecule has 1 amide bonds. The highest BCUT2D eigenvalue weighted by molar-refractivity contribution is 5.91. The van der Waals surface area contributed by atoms with Crippen molar-refractivity contribution < 1.29 is 13.6 Å². The first-order valence-electron chi connectivity index (χ1n) is 10.7. The number of nitrogens with one attached hydrogen (secondary N) is 1. The number of furan rings is 2. The highest BCUT2D eigenvalue weighted by Crippen LogP contribution is 2.26. The molecule has 4 rings (SSSR count). The predicted octanol–water partition coefficient (Wildman–Crippen LogP) is 2.35. The SMILES string of the molecule is CN=C(NCC(c1ccc(C)o1)N1CCCC1)N1CCN(C(=O)c2ccco2)CC1. The number of carbonyl (C=O) groups excluding carboxylic acids is 1. The lowest BCUT2D eigenvalue weighted by Crippen LogP contribution is -2.54. The van der Waals surface area contributed by atoms with E-state index in [-0.39, 0.29) is 11.9 Å². The van der Waals surface area contributed by atoms with E-state index < -0.39 is 0 Å². The zero-order valence-corrected chi connectivity index (χ0v) is 17.8. The molecular weight excluding hydrogens is 382 g/mol. The molecule has 2 fully saturated rings. The third-order valence-electron chi connectivity index (χ3n) is 5.93. The molecule has 1 N–H and O–H groups in total. The van der Waals surface area contributed by atoms with Crippen LogP contribution in [0.5, 0.6) is 0 Å². The van der Waals surface area contributed by atoms with Gasteiger partial charge < -0.3 is 24.0 Å². The van der Waals surface area contributed by atoms with Crippen molar-refractivity contribution in [1.82, 2.24) is 20.0 Å². The Hall–Kier alpha value is -2.74. The molecule has 1 atom stereocenters. The molecular formula is C22H31N5O3. The second kappa shape index (κ2) is 9.38. The third-order valence-corrected chi connectivity index (χ3v) is 5.93. The van der Waals surface area contributed by atoms with Gasteiger partial charge in [-0.05, 0) is 57.1 Å². The van der Waals surface area contributed by atoms with Crippen molar-refractivity contribution in [3.8, 4) is 0 Å². The van der Waals surface area contributed by atoms with Crippen LogP contribution in [0.1, 0.15) is 41.0 Å². The van der Waals surface area contributed by atoms with Crippen molar-refractivity contribution in [3.05, 3.63) is 47.8 Å². The first kappa shape index (κ1) is 20.5. The van der Waals surface area contributed by atoms with Gasteiger partial charge in [0.2, 0.25) is 0 Å². The first-order valence-corrected chi connectivity index (χ1v) is 10.7. The quantitative estimate of drug-likeness (QED) is 0.599. The summed E-state index contributed by atoms with van der Waals surface area (Å²) in [5.41, 5.74) is 0. The molecule has 30 heavy (non-hydrogen) atoms. The lowest BCUT2D eigenvalue weighted by molar-refractivity contribution is 0.0657. The number of hydrogen-bond donors (Lipinski definition) is 1. The Balaban J connectivity index is 1.34. The van der Waals surface area contributed by atoms with Gasteiger partial charge in [-0.15, -0.1) is 0 Å². The van der Waals surface area contributed by atoms with E-state index in [9.17, 15) is 4.79 Å². The van der Waals surface area contributed by atoms with Crippen molar-refractivity contribution in [2.24, 2.45) is 4.99 Å². The van der Waals surface area contributed by atoms with Crippen LogP contribution < -0.4 is 5.32 Å². The van der Waals surface area contributed by atoms with Crippen LogP contribution in [-0.4, -0.2) is 79.4 Å². The standard InChI is InChI=1S/C22H31N5O3/c1-17-7-8-19(30-17)18(25-9-3-4-10-25)16-24-22(23-2)27-13-11-26(12-14-27)21(28)20-6-5-15-29-20/h5-8,15,18H,3-4,9-14,16H2,1-2H3,(H,23,24). The topological polar surface area (TPSA) is 77.5 Å². The second-order valence-electron chi connectivity index (χ2n) is 7.89. The molecule has 0 radical (unpaired) electrons. The number of aliphatic imine (C=N–C) groups is 1. The summed E-state index contributed by atoms with van der Waals surface area (Å²) < 4.78 is 11.2. The Bertz CT molecular complexity index is 846. The fourth-order valence-corrected chi connectivity index (χ4v) is 4.29. The van der Waals surface area contributed by atoms with E-state index in [1.165, 1.54) is 19.1 Å². The van der Waals surface area contributed by atoms with Crippen LogP contribution in [0.3, 0.4) is 0 Å². The Morgan fingerprint density at radius 1 is 1.10 bits per heavy atom. The zero-order chi connectivity index (χ0) is 20.9. The van der Waals surface area contributed by atoms with Gasteiger partial charge in [-0.25, -0.2) is 0 Å². The van der Waals surface area contributed by atoms with Crippen molar-refractivity contribution >= 4 is 11.9 Å². The molecule has 2 aliphatic heterocycles. The molecule has 4 heterocycles. The van der Waals surface area contributed by atoms with Gasteiger partial charge in [0.25, 0.3) is 5.91 Å². The minimum atomic E-state index is -0.0510. The number of likely N-dealkylation sites (tertiary alicyclic amines) is 1. The molecule has 162 valence electrons. The number of carbonyl (C=O) groups is 1. The van der Waals surface area contributed by atoms with Gasteiger partial charge in [0, 0.05) is 39.8 Å². The van der Waals surface area contributed by atoms with Gasteiger partial charge in [0.05, 0.1) is 12.3 Å². The third kappa shape index (κ3) is 4.53. The van der Waals surface area contributed by atoms with E-state index in [4.69, 9.17) is 8.83 Å². The van der Waals surface area contributed by atoms with E-state index in [1.54, 1.807) is 12.1 Å². The maximum absolute atomic E-state index is 12.5. The van der Waals surface area contributed by atoms with Crippen LogP contribution in [-0.2, 0) is 0 Å². The average Bonchev–Trinajstić information content (AvgIpc) is 3.54. The summed E-state index contributed by atoms with van der Waals surface area (Å²) in [4.78, 5) is 23.5. The van der Waals surface area contributed by atoms with Gasteiger partial charge in [-0.1, -0.05) is 0 Å². The van der Waals surface area contributed by atoms with Crippen molar-refractivity contribution in [2.75, 3.05) is 52.9 Å². The first-order chi connectivity index (χ1) is 14.7. The minimum absolute atomic E-state index is 0.0510. The number of hydrogen-bond acceptors (Lipinski definition) is 5. The fraction of sp³-hybridized carbons (Fsp3) is 0.545. The number of guanidine groups is 1. The van der Waals surface area contributed by atoms with Gasteiger partial charge in [0.1, 0.15) is 11.5 Å². The van der Waals surface area contributed by atoms with E-state index in [0.717, 1.165) is 50.2 Å². The molecule has 8 nitrogen and oxygen atoms in total. The lowest BCUT2D eigenvalue weighted by Gasteiger charge is -2.37. The van der Waals surface area contributed by atoms with E-state index in [2.05, 4.69) is 26.2 Å². The highest BCUT2D eigenvalue weighted by atomic mass is 16.3. The molecule has 0 spiro atoms. The molecule has 0 aliphatic carbocycles.